The van der Waals surface area contributed by atoms with Crippen LogP contribution in [0.3, 0.4) is 0 Å². The Balaban J connectivity index is 1.37. The van der Waals surface area contributed by atoms with E-state index in [0.717, 1.165) is 36.6 Å². The van der Waals surface area contributed by atoms with E-state index in [1.807, 2.05) is 6.07 Å². The second kappa shape index (κ2) is 8.52. The third-order valence-corrected chi connectivity index (χ3v) is 6.34. The Labute approximate surface area is 182 Å². The fourth-order valence-electron chi connectivity index (χ4n) is 4.59. The molecule has 0 aliphatic heterocycles. The first-order valence-corrected chi connectivity index (χ1v) is 11.1. The summed E-state index contributed by atoms with van der Waals surface area (Å²) in [5.41, 5.74) is 1.28. The van der Waals surface area contributed by atoms with E-state index in [0.29, 0.717) is 23.2 Å². The molecular weight excluding hydrogens is 399 g/mol. The molecule has 1 heterocycles. The lowest BCUT2D eigenvalue weighted by molar-refractivity contribution is 0.0531. The van der Waals surface area contributed by atoms with Crippen LogP contribution >= 0.6 is 0 Å². The summed E-state index contributed by atoms with van der Waals surface area (Å²) in [6.45, 7) is 5.32. The van der Waals surface area contributed by atoms with Gasteiger partial charge in [-0.05, 0) is 77.3 Å². The third-order valence-electron chi connectivity index (χ3n) is 6.34. The van der Waals surface area contributed by atoms with Gasteiger partial charge < -0.3 is 19.2 Å². The van der Waals surface area contributed by atoms with Crippen LogP contribution in [0.5, 0.6) is 5.75 Å². The fraction of sp³-hybridized carbons (Fsp3) is 0.583. The van der Waals surface area contributed by atoms with Gasteiger partial charge in [-0.15, -0.1) is 0 Å². The molecule has 0 unspecified atom stereocenters. The highest BCUT2D eigenvalue weighted by Gasteiger charge is 2.45. The molecule has 3 fully saturated rings. The van der Waals surface area contributed by atoms with E-state index in [9.17, 15) is 9.18 Å². The fourth-order valence-corrected chi connectivity index (χ4v) is 4.59. The van der Waals surface area contributed by atoms with Gasteiger partial charge in [0, 0.05) is 23.6 Å². The SMILES string of the molecule is CC(C)(C)OC(=O)NC/C(=C\F)COc1ccc2nc(C34CCC(CC3)CC4)oc2c1. The normalized spacial score (nSPS) is 23.7. The first-order chi connectivity index (χ1) is 14.8. The minimum atomic E-state index is -0.609. The molecule has 0 saturated heterocycles. The number of nitrogens with zero attached hydrogens (tertiary/aromatic N) is 1. The van der Waals surface area contributed by atoms with Crippen molar-refractivity contribution in [2.45, 2.75) is 70.3 Å². The number of amides is 1. The second-order valence-corrected chi connectivity index (χ2v) is 9.82. The first kappa shape index (κ1) is 21.7. The van der Waals surface area contributed by atoms with Gasteiger partial charge in [0.2, 0.25) is 5.89 Å². The lowest BCUT2D eigenvalue weighted by Gasteiger charge is -2.44. The van der Waals surface area contributed by atoms with E-state index >= 15 is 0 Å². The number of carbonyl (C=O) groups excluding carboxylic acids is 1. The van der Waals surface area contributed by atoms with Crippen LogP contribution in [-0.4, -0.2) is 29.8 Å². The predicted octanol–water partition coefficient (Wildman–Crippen LogP) is 5.81. The molecule has 1 N–H and O–H groups in total. The molecule has 3 saturated carbocycles. The Morgan fingerprint density at radius 1 is 1.29 bits per heavy atom. The van der Waals surface area contributed by atoms with E-state index in [1.54, 1.807) is 32.9 Å². The molecule has 2 aromatic rings. The number of fused-ring (bicyclic) bond motifs is 4. The smallest absolute Gasteiger partial charge is 0.407 e. The highest BCUT2D eigenvalue weighted by atomic mass is 19.1. The molecule has 1 aromatic carbocycles. The molecule has 31 heavy (non-hydrogen) atoms. The van der Waals surface area contributed by atoms with E-state index in [2.05, 4.69) is 5.32 Å². The summed E-state index contributed by atoms with van der Waals surface area (Å²) in [5.74, 6) is 2.30. The summed E-state index contributed by atoms with van der Waals surface area (Å²) in [4.78, 5) is 16.5. The van der Waals surface area contributed by atoms with Gasteiger partial charge in [-0.2, -0.15) is 0 Å². The highest BCUT2D eigenvalue weighted by Crippen LogP contribution is 2.51. The van der Waals surface area contributed by atoms with Crippen LogP contribution in [0.2, 0.25) is 0 Å². The minimum absolute atomic E-state index is 0.00360. The second-order valence-electron chi connectivity index (χ2n) is 9.82. The van der Waals surface area contributed by atoms with E-state index in [-0.39, 0.29) is 18.6 Å². The molecule has 3 aliphatic rings. The zero-order chi connectivity index (χ0) is 22.1. The standard InChI is InChI=1S/C24H31FN2O4/c1-23(2,3)31-22(28)26-14-17(13-25)15-29-18-4-5-19-20(12-18)30-21(27-19)24-9-6-16(7-10-24)8-11-24/h4-5,12-13,16H,6-11,14-15H2,1-3H3,(H,26,28)/b17-13+. The maximum absolute atomic E-state index is 13.2. The Morgan fingerprint density at radius 3 is 2.65 bits per heavy atom. The van der Waals surface area contributed by atoms with Crippen LogP contribution < -0.4 is 10.1 Å². The summed E-state index contributed by atoms with van der Waals surface area (Å²) < 4.78 is 30.3. The first-order valence-electron chi connectivity index (χ1n) is 11.1. The zero-order valence-corrected chi connectivity index (χ0v) is 18.5. The quantitative estimate of drug-likeness (QED) is 0.626. The van der Waals surface area contributed by atoms with Crippen LogP contribution in [-0.2, 0) is 10.2 Å². The van der Waals surface area contributed by atoms with Crippen molar-refractivity contribution in [1.29, 1.82) is 0 Å². The molecule has 1 amide bonds. The molecule has 5 rings (SSSR count). The van der Waals surface area contributed by atoms with Gasteiger partial charge in [-0.1, -0.05) is 0 Å². The maximum atomic E-state index is 13.2. The summed E-state index contributed by atoms with van der Waals surface area (Å²) in [6.07, 6.45) is 7.11. The van der Waals surface area contributed by atoms with Crippen LogP contribution in [0, 0.1) is 5.92 Å². The molecule has 0 spiro atoms. The van der Waals surface area contributed by atoms with E-state index in [1.165, 1.54) is 19.3 Å². The average Bonchev–Trinajstić information content (AvgIpc) is 3.18. The van der Waals surface area contributed by atoms with Crippen molar-refractivity contribution in [3.63, 3.8) is 0 Å². The van der Waals surface area contributed by atoms with Gasteiger partial charge in [0.05, 0.1) is 6.33 Å². The highest BCUT2D eigenvalue weighted by molar-refractivity contribution is 5.74. The van der Waals surface area contributed by atoms with E-state index in [4.69, 9.17) is 18.9 Å². The largest absolute Gasteiger partial charge is 0.489 e. The Kier molecular flexibility index (Phi) is 5.95. The maximum Gasteiger partial charge on any atom is 0.407 e. The molecule has 6 nitrogen and oxygen atoms in total. The summed E-state index contributed by atoms with van der Waals surface area (Å²) >= 11 is 0. The molecule has 0 radical (unpaired) electrons. The Hall–Kier alpha value is -2.57. The number of rotatable bonds is 6. The number of alkyl carbamates (subject to hydrolysis) is 1. The number of aromatic nitrogens is 1. The number of ether oxygens (including phenoxy) is 2. The van der Waals surface area contributed by atoms with Crippen molar-refractivity contribution in [2.75, 3.05) is 13.2 Å². The molecule has 0 atom stereocenters. The molecule has 3 aliphatic carbocycles. The Morgan fingerprint density at radius 2 is 2.00 bits per heavy atom. The van der Waals surface area contributed by atoms with Crippen LogP contribution in [0.4, 0.5) is 9.18 Å². The summed E-state index contributed by atoms with van der Waals surface area (Å²) in [6, 6.07) is 5.48. The van der Waals surface area contributed by atoms with Crippen LogP contribution in [0.15, 0.2) is 34.5 Å². The monoisotopic (exact) mass is 430 g/mol. The van der Waals surface area contributed by atoms with Gasteiger partial charge >= 0.3 is 6.09 Å². The summed E-state index contributed by atoms with van der Waals surface area (Å²) in [7, 11) is 0. The van der Waals surface area contributed by atoms with Crippen molar-refractivity contribution in [2.24, 2.45) is 5.92 Å². The van der Waals surface area contributed by atoms with Gasteiger partial charge in [0.15, 0.2) is 5.58 Å². The van der Waals surface area contributed by atoms with Crippen molar-refractivity contribution in [3.05, 3.63) is 36.0 Å². The van der Waals surface area contributed by atoms with Crippen LogP contribution in [0.25, 0.3) is 11.1 Å². The van der Waals surface area contributed by atoms with Crippen molar-refractivity contribution < 1.29 is 23.1 Å². The lowest BCUT2D eigenvalue weighted by atomic mass is 9.60. The number of hydrogen-bond acceptors (Lipinski definition) is 5. The molecule has 7 heteroatoms. The number of hydrogen-bond donors (Lipinski definition) is 1. The van der Waals surface area contributed by atoms with Crippen molar-refractivity contribution >= 4 is 17.2 Å². The zero-order valence-electron chi connectivity index (χ0n) is 18.5. The predicted molar refractivity (Wildman–Crippen MR) is 116 cm³/mol. The average molecular weight is 431 g/mol. The third kappa shape index (κ3) is 5.02. The number of benzene rings is 1. The molecule has 2 bridgehead atoms. The van der Waals surface area contributed by atoms with Gasteiger partial charge in [-0.3, -0.25) is 0 Å². The van der Waals surface area contributed by atoms with Crippen molar-refractivity contribution in [3.8, 4) is 5.75 Å². The molecular formula is C24H31FN2O4. The topological polar surface area (TPSA) is 73.6 Å². The number of oxazole rings is 1. The van der Waals surface area contributed by atoms with Crippen molar-refractivity contribution in [1.82, 2.24) is 10.3 Å². The minimum Gasteiger partial charge on any atom is -0.489 e. The van der Waals surface area contributed by atoms with Gasteiger partial charge in [0.1, 0.15) is 23.5 Å². The number of halogens is 1. The van der Waals surface area contributed by atoms with Gasteiger partial charge in [-0.25, -0.2) is 14.2 Å². The van der Waals surface area contributed by atoms with Crippen LogP contribution in [0.1, 0.15) is 65.2 Å². The van der Waals surface area contributed by atoms with Gasteiger partial charge in [0.25, 0.3) is 0 Å². The molecule has 168 valence electrons. The Bertz CT molecular complexity index is 954. The number of carbonyl (C=O) groups is 1. The van der Waals surface area contributed by atoms with E-state index < -0.39 is 11.7 Å². The molecule has 1 aromatic heterocycles. The lowest BCUT2D eigenvalue weighted by Crippen LogP contribution is -2.37. The number of nitrogens with one attached hydrogen (secondary N) is 1. The summed E-state index contributed by atoms with van der Waals surface area (Å²) in [5, 5.41) is 2.53.